The van der Waals surface area contributed by atoms with E-state index >= 15 is 0 Å². The van der Waals surface area contributed by atoms with Crippen molar-refractivity contribution in [2.75, 3.05) is 13.2 Å². The van der Waals surface area contributed by atoms with Crippen molar-refractivity contribution in [1.29, 1.82) is 0 Å². The maximum Gasteiger partial charge on any atom is 0.512 e. The molecule has 1 aliphatic rings. The predicted molar refractivity (Wildman–Crippen MR) is 83.6 cm³/mol. The Balaban J connectivity index is 2.30. The lowest BCUT2D eigenvalue weighted by Gasteiger charge is -2.32. The standard InChI is InChI=1S/C15H24BNO5/c1-7-19-10-9-11(17-12(10)13(18)20-8-2)16-21-14(3,4)15(5,6)22-16/h9,17H,7-8H2,1-6H3. The highest BCUT2D eigenvalue weighted by Gasteiger charge is 2.52. The molecule has 22 heavy (non-hydrogen) atoms. The highest BCUT2D eigenvalue weighted by atomic mass is 16.7. The SMILES string of the molecule is CCOC(=O)c1[nH]c(B2OC(C)(C)C(C)(C)O2)cc1OCC. The topological polar surface area (TPSA) is 69.8 Å². The van der Waals surface area contributed by atoms with Gasteiger partial charge in [-0.05, 0) is 47.6 Å². The second-order valence-corrected chi connectivity index (χ2v) is 6.21. The van der Waals surface area contributed by atoms with E-state index in [0.717, 1.165) is 0 Å². The molecule has 0 radical (unpaired) electrons. The fourth-order valence-electron chi connectivity index (χ4n) is 2.18. The van der Waals surface area contributed by atoms with E-state index in [2.05, 4.69) is 4.98 Å². The van der Waals surface area contributed by atoms with Crippen LogP contribution in [0.15, 0.2) is 6.07 Å². The van der Waals surface area contributed by atoms with Crippen molar-refractivity contribution < 1.29 is 23.6 Å². The minimum absolute atomic E-state index is 0.286. The summed E-state index contributed by atoms with van der Waals surface area (Å²) in [6.07, 6.45) is 0. The van der Waals surface area contributed by atoms with Crippen molar-refractivity contribution in [2.45, 2.75) is 52.7 Å². The predicted octanol–water partition coefficient (Wildman–Crippen LogP) is 1.89. The van der Waals surface area contributed by atoms with Gasteiger partial charge in [-0.15, -0.1) is 0 Å². The van der Waals surface area contributed by atoms with Crippen molar-refractivity contribution in [2.24, 2.45) is 0 Å². The van der Waals surface area contributed by atoms with Gasteiger partial charge in [0.25, 0.3) is 0 Å². The summed E-state index contributed by atoms with van der Waals surface area (Å²) in [6.45, 7) is 12.3. The number of carbonyl (C=O) groups excluding carboxylic acids is 1. The molecule has 0 aromatic carbocycles. The summed E-state index contributed by atoms with van der Waals surface area (Å²) in [5.74, 6) is -0.000574. The molecule has 1 saturated heterocycles. The van der Waals surface area contributed by atoms with E-state index in [0.29, 0.717) is 24.6 Å². The largest absolute Gasteiger partial charge is 0.512 e. The molecule has 6 nitrogen and oxygen atoms in total. The summed E-state index contributed by atoms with van der Waals surface area (Å²) < 4.78 is 22.5. The number of nitrogens with one attached hydrogen (secondary N) is 1. The lowest BCUT2D eigenvalue weighted by Crippen LogP contribution is -2.41. The van der Waals surface area contributed by atoms with E-state index in [9.17, 15) is 4.79 Å². The number of hydrogen-bond donors (Lipinski definition) is 1. The summed E-state index contributed by atoms with van der Waals surface area (Å²) in [4.78, 5) is 15.0. The summed E-state index contributed by atoms with van der Waals surface area (Å²) in [5, 5.41) is 0. The first kappa shape index (κ1) is 16.9. The van der Waals surface area contributed by atoms with Gasteiger partial charge in [0.05, 0.1) is 24.4 Å². The number of rotatable bonds is 5. The normalized spacial score (nSPS) is 19.3. The van der Waals surface area contributed by atoms with Crippen molar-refractivity contribution in [3.8, 4) is 5.75 Å². The van der Waals surface area contributed by atoms with Crippen LogP contribution in [0.25, 0.3) is 0 Å². The van der Waals surface area contributed by atoms with Crippen molar-refractivity contribution >= 4 is 18.7 Å². The maximum absolute atomic E-state index is 12.0. The molecule has 1 aromatic heterocycles. The van der Waals surface area contributed by atoms with E-state index in [1.54, 1.807) is 13.0 Å². The third kappa shape index (κ3) is 3.01. The molecule has 7 heteroatoms. The fraction of sp³-hybridized carbons (Fsp3) is 0.667. The van der Waals surface area contributed by atoms with E-state index < -0.39 is 24.3 Å². The molecule has 0 bridgehead atoms. The quantitative estimate of drug-likeness (QED) is 0.664. The highest BCUT2D eigenvalue weighted by Crippen LogP contribution is 2.36. The number of aromatic nitrogens is 1. The summed E-state index contributed by atoms with van der Waals surface area (Å²) in [5.41, 5.74) is 0.0376. The van der Waals surface area contributed by atoms with Gasteiger partial charge in [0.1, 0.15) is 0 Å². The van der Waals surface area contributed by atoms with Gasteiger partial charge in [0.15, 0.2) is 11.4 Å². The van der Waals surface area contributed by atoms with E-state index in [-0.39, 0.29) is 5.69 Å². The second-order valence-electron chi connectivity index (χ2n) is 6.21. The molecular formula is C15H24BNO5. The number of ether oxygens (including phenoxy) is 2. The minimum Gasteiger partial charge on any atom is -0.491 e. The zero-order chi connectivity index (χ0) is 16.5. The molecule has 0 atom stereocenters. The number of hydrogen-bond acceptors (Lipinski definition) is 5. The Labute approximate surface area is 131 Å². The van der Waals surface area contributed by atoms with Gasteiger partial charge in [-0.1, -0.05) is 0 Å². The fourth-order valence-corrected chi connectivity index (χ4v) is 2.18. The molecule has 2 heterocycles. The zero-order valence-corrected chi connectivity index (χ0v) is 14.1. The minimum atomic E-state index is -0.576. The van der Waals surface area contributed by atoms with Crippen molar-refractivity contribution in [1.82, 2.24) is 4.98 Å². The van der Waals surface area contributed by atoms with Gasteiger partial charge < -0.3 is 23.8 Å². The van der Waals surface area contributed by atoms with Crippen LogP contribution in [0.2, 0.25) is 0 Å². The Bertz CT molecular complexity index is 536. The Morgan fingerprint density at radius 2 is 1.77 bits per heavy atom. The average molecular weight is 309 g/mol. The monoisotopic (exact) mass is 309 g/mol. The molecule has 1 N–H and O–H groups in total. The van der Waals surface area contributed by atoms with Crippen molar-refractivity contribution in [3.63, 3.8) is 0 Å². The molecule has 0 spiro atoms. The molecule has 1 aliphatic heterocycles. The van der Waals surface area contributed by atoms with Crippen LogP contribution in [0.1, 0.15) is 52.0 Å². The van der Waals surface area contributed by atoms with Crippen LogP contribution in [-0.2, 0) is 14.0 Å². The maximum atomic E-state index is 12.0. The number of aromatic amines is 1. The van der Waals surface area contributed by atoms with Crippen LogP contribution in [0, 0.1) is 0 Å². The molecule has 1 fully saturated rings. The number of esters is 1. The van der Waals surface area contributed by atoms with Gasteiger partial charge in [-0.2, -0.15) is 0 Å². The molecule has 0 aliphatic carbocycles. The van der Waals surface area contributed by atoms with Crippen LogP contribution in [0.5, 0.6) is 5.75 Å². The van der Waals surface area contributed by atoms with Gasteiger partial charge in [0.2, 0.25) is 0 Å². The molecule has 2 rings (SSSR count). The van der Waals surface area contributed by atoms with Crippen LogP contribution in [-0.4, -0.2) is 42.5 Å². The smallest absolute Gasteiger partial charge is 0.491 e. The number of H-pyrrole nitrogens is 1. The molecule has 0 unspecified atom stereocenters. The summed E-state index contributed by atoms with van der Waals surface area (Å²) >= 11 is 0. The Kier molecular flexibility index (Phi) is 4.58. The first-order valence-electron chi connectivity index (χ1n) is 7.60. The molecule has 122 valence electrons. The Hall–Kier alpha value is -1.47. The van der Waals surface area contributed by atoms with Gasteiger partial charge in [-0.3, -0.25) is 0 Å². The molecule has 0 amide bonds. The Morgan fingerprint density at radius 3 is 2.27 bits per heavy atom. The van der Waals surface area contributed by atoms with Gasteiger partial charge in [0, 0.05) is 5.59 Å². The van der Waals surface area contributed by atoms with Crippen LogP contribution in [0.4, 0.5) is 0 Å². The van der Waals surface area contributed by atoms with Crippen LogP contribution in [0.3, 0.4) is 0 Å². The first-order valence-corrected chi connectivity index (χ1v) is 7.60. The van der Waals surface area contributed by atoms with Crippen LogP contribution >= 0.6 is 0 Å². The second kappa shape index (κ2) is 5.97. The molecular weight excluding hydrogens is 285 g/mol. The Morgan fingerprint density at radius 1 is 1.18 bits per heavy atom. The van der Waals surface area contributed by atoms with Crippen LogP contribution < -0.4 is 10.3 Å². The van der Waals surface area contributed by atoms with E-state index in [1.165, 1.54) is 0 Å². The molecule has 0 saturated carbocycles. The van der Waals surface area contributed by atoms with E-state index in [4.69, 9.17) is 18.8 Å². The van der Waals surface area contributed by atoms with Gasteiger partial charge >= 0.3 is 13.1 Å². The molecule has 1 aromatic rings. The third-order valence-corrected chi connectivity index (χ3v) is 4.09. The first-order chi connectivity index (χ1) is 10.2. The van der Waals surface area contributed by atoms with Crippen molar-refractivity contribution in [3.05, 3.63) is 11.8 Å². The zero-order valence-electron chi connectivity index (χ0n) is 14.1. The average Bonchev–Trinajstić information content (AvgIpc) is 2.90. The third-order valence-electron chi connectivity index (χ3n) is 4.09. The highest BCUT2D eigenvalue weighted by molar-refractivity contribution is 6.61. The lowest BCUT2D eigenvalue weighted by atomic mass is 9.85. The van der Waals surface area contributed by atoms with Gasteiger partial charge in [-0.25, -0.2) is 4.79 Å². The summed E-state index contributed by atoms with van der Waals surface area (Å²) in [6, 6.07) is 1.73. The number of carbonyl (C=O) groups is 1. The van der Waals surface area contributed by atoms with E-state index in [1.807, 2.05) is 34.6 Å². The summed E-state index contributed by atoms with van der Waals surface area (Å²) in [7, 11) is -0.576. The lowest BCUT2D eigenvalue weighted by molar-refractivity contribution is 0.00578.